The molecule has 134 valence electrons. The van der Waals surface area contributed by atoms with Crippen LogP contribution in [0.1, 0.15) is 11.1 Å². The Morgan fingerprint density at radius 3 is 2.70 bits per heavy atom. The van der Waals surface area contributed by atoms with Crippen LogP contribution >= 0.6 is 0 Å². The van der Waals surface area contributed by atoms with Gasteiger partial charge >= 0.3 is 0 Å². The van der Waals surface area contributed by atoms with Crippen LogP contribution in [0.3, 0.4) is 0 Å². The second kappa shape index (κ2) is 8.05. The third-order valence-electron chi connectivity index (χ3n) is 3.92. The fourth-order valence-electron chi connectivity index (χ4n) is 2.64. The predicted octanol–water partition coefficient (Wildman–Crippen LogP) is 3.32. The van der Waals surface area contributed by atoms with E-state index in [9.17, 15) is 0 Å². The Morgan fingerprint density at radius 1 is 1.04 bits per heavy atom. The van der Waals surface area contributed by atoms with Crippen molar-refractivity contribution < 1.29 is 0 Å². The van der Waals surface area contributed by atoms with Crippen molar-refractivity contribution in [1.82, 2.24) is 4.98 Å². The number of benzene rings is 2. The molecule has 0 fully saturated rings. The molecule has 0 radical (unpaired) electrons. The summed E-state index contributed by atoms with van der Waals surface area (Å²) in [5, 5.41) is 17.0. The molecule has 1 heterocycles. The van der Waals surface area contributed by atoms with E-state index in [0.29, 0.717) is 23.5 Å². The number of rotatable bonds is 5. The number of amidine groups is 2. The lowest BCUT2D eigenvalue weighted by Gasteiger charge is -2.03. The molecule has 6 heteroatoms. The highest BCUT2D eigenvalue weighted by atomic mass is 14.9. The smallest absolute Gasteiger partial charge is 0.146 e. The van der Waals surface area contributed by atoms with Crippen molar-refractivity contribution in [1.29, 1.82) is 10.8 Å². The Kier molecular flexibility index (Phi) is 5.37. The lowest BCUT2D eigenvalue weighted by Crippen LogP contribution is -2.16. The highest BCUT2D eigenvalue weighted by Crippen LogP contribution is 2.13. The van der Waals surface area contributed by atoms with Crippen molar-refractivity contribution in [2.24, 2.45) is 10.7 Å². The number of nitrogen functional groups attached to an aromatic ring is 1. The van der Waals surface area contributed by atoms with Crippen LogP contribution in [0.4, 0.5) is 5.69 Å². The van der Waals surface area contributed by atoms with Gasteiger partial charge in [-0.2, -0.15) is 0 Å². The predicted molar refractivity (Wildman–Crippen MR) is 112 cm³/mol. The minimum atomic E-state index is -0.0105. The highest BCUT2D eigenvalue weighted by Gasteiger charge is 2.02. The number of anilines is 1. The van der Waals surface area contributed by atoms with Crippen LogP contribution in [0.25, 0.3) is 10.9 Å². The zero-order valence-electron chi connectivity index (χ0n) is 14.7. The van der Waals surface area contributed by atoms with Gasteiger partial charge in [0.15, 0.2) is 0 Å². The van der Waals surface area contributed by atoms with Gasteiger partial charge in [-0.3, -0.25) is 10.4 Å². The van der Waals surface area contributed by atoms with Crippen molar-refractivity contribution >= 4 is 34.0 Å². The molecule has 0 aliphatic carbocycles. The van der Waals surface area contributed by atoms with Gasteiger partial charge in [-0.1, -0.05) is 24.3 Å². The average molecular weight is 356 g/mol. The van der Waals surface area contributed by atoms with Crippen molar-refractivity contribution in [2.75, 3.05) is 5.73 Å². The zero-order chi connectivity index (χ0) is 19.2. The molecule has 0 spiro atoms. The van der Waals surface area contributed by atoms with Gasteiger partial charge in [0, 0.05) is 29.3 Å². The van der Waals surface area contributed by atoms with E-state index < -0.39 is 0 Å². The number of fused-ring (bicyclic) bond motifs is 1. The van der Waals surface area contributed by atoms with Crippen molar-refractivity contribution in [3.63, 3.8) is 0 Å². The average Bonchev–Trinajstić information content (AvgIpc) is 2.66. The molecule has 0 bridgehead atoms. The van der Waals surface area contributed by atoms with Crippen LogP contribution in [0.15, 0.2) is 77.9 Å². The summed E-state index contributed by atoms with van der Waals surface area (Å²) in [4.78, 5) is 8.38. The summed E-state index contributed by atoms with van der Waals surface area (Å²) < 4.78 is 0. The monoisotopic (exact) mass is 356 g/mol. The van der Waals surface area contributed by atoms with Crippen LogP contribution in [0.2, 0.25) is 0 Å². The van der Waals surface area contributed by atoms with E-state index >= 15 is 0 Å². The van der Waals surface area contributed by atoms with Crippen LogP contribution in [0.5, 0.6) is 0 Å². The Labute approximate surface area is 157 Å². The largest absolute Gasteiger partial charge is 0.399 e. The number of pyridine rings is 1. The number of hydrogen-bond donors (Lipinski definition) is 4. The first-order chi connectivity index (χ1) is 13.0. The van der Waals surface area contributed by atoms with E-state index in [-0.39, 0.29) is 11.5 Å². The maximum atomic E-state index is 8.03. The van der Waals surface area contributed by atoms with Crippen molar-refractivity contribution in [3.05, 3.63) is 84.1 Å². The van der Waals surface area contributed by atoms with Crippen molar-refractivity contribution in [3.8, 4) is 0 Å². The summed E-state index contributed by atoms with van der Waals surface area (Å²) in [5.41, 5.74) is 15.1. The van der Waals surface area contributed by atoms with Crippen LogP contribution in [-0.4, -0.2) is 22.4 Å². The van der Waals surface area contributed by atoms with E-state index in [2.05, 4.69) is 9.98 Å². The maximum Gasteiger partial charge on any atom is 0.146 e. The molecule has 0 saturated carbocycles. The molecular weight excluding hydrogens is 336 g/mol. The molecule has 6 nitrogen and oxygen atoms in total. The van der Waals surface area contributed by atoms with Gasteiger partial charge in [-0.25, -0.2) is 4.99 Å². The molecule has 0 unspecified atom stereocenters. The first-order valence-electron chi connectivity index (χ1n) is 8.39. The molecule has 2 aromatic carbocycles. The van der Waals surface area contributed by atoms with E-state index in [1.807, 2.05) is 30.3 Å². The van der Waals surface area contributed by atoms with Gasteiger partial charge in [-0.15, -0.1) is 0 Å². The molecule has 27 heavy (non-hydrogen) atoms. The molecule has 0 aliphatic rings. The third kappa shape index (κ3) is 4.85. The van der Waals surface area contributed by atoms with Crippen molar-refractivity contribution in [2.45, 2.75) is 6.42 Å². The van der Waals surface area contributed by atoms with Gasteiger partial charge in [0.05, 0.1) is 11.2 Å². The lowest BCUT2D eigenvalue weighted by molar-refractivity contribution is 1.28. The molecule has 0 saturated heterocycles. The second-order valence-corrected chi connectivity index (χ2v) is 6.07. The number of allylic oxidation sites excluding steroid dienone is 1. The zero-order valence-corrected chi connectivity index (χ0v) is 14.7. The van der Waals surface area contributed by atoms with E-state index in [1.54, 1.807) is 30.5 Å². The summed E-state index contributed by atoms with van der Waals surface area (Å²) >= 11 is 0. The van der Waals surface area contributed by atoms with Gasteiger partial charge in [0.2, 0.25) is 0 Å². The molecule has 0 atom stereocenters. The van der Waals surface area contributed by atoms with Crippen LogP contribution < -0.4 is 11.5 Å². The minimum Gasteiger partial charge on any atom is -0.399 e. The molecule has 3 aromatic rings. The molecular formula is C21H20N6. The van der Waals surface area contributed by atoms with Gasteiger partial charge < -0.3 is 16.9 Å². The molecule has 3 rings (SSSR count). The third-order valence-corrected chi connectivity index (χ3v) is 3.92. The molecule has 0 amide bonds. The fraction of sp³-hybridized carbons (Fsp3) is 0.0476. The minimum absolute atomic E-state index is 0.0105. The summed E-state index contributed by atoms with van der Waals surface area (Å²) in [6.45, 7) is 0. The standard InChI is InChI=1S/C21H20N6/c22-17-5-1-3-15(13-17)18(23)7-9-20(24)27-21(25)12-14-6-8-19-16(11-14)4-2-10-26-19/h1-11,13,23H,12,22H2,(H3,24,25,27)/b9-7-,23-18?. The second-order valence-electron chi connectivity index (χ2n) is 6.07. The first-order valence-corrected chi connectivity index (χ1v) is 8.39. The van der Waals surface area contributed by atoms with Crippen LogP contribution in [0, 0.1) is 10.8 Å². The van der Waals surface area contributed by atoms with E-state index in [4.69, 9.17) is 22.3 Å². The Morgan fingerprint density at radius 2 is 1.89 bits per heavy atom. The van der Waals surface area contributed by atoms with E-state index in [0.717, 1.165) is 16.5 Å². The normalized spacial score (nSPS) is 11.8. The number of aliphatic imine (C=N–C) groups is 1. The van der Waals surface area contributed by atoms with Crippen LogP contribution in [-0.2, 0) is 6.42 Å². The van der Waals surface area contributed by atoms with Gasteiger partial charge in [0.25, 0.3) is 0 Å². The summed E-state index contributed by atoms with van der Waals surface area (Å²) in [6.07, 6.45) is 5.15. The number of nitrogens with zero attached hydrogens (tertiary/aromatic N) is 2. The fourth-order valence-corrected chi connectivity index (χ4v) is 2.64. The summed E-state index contributed by atoms with van der Waals surface area (Å²) in [5.74, 6) is 0.326. The topological polar surface area (TPSA) is 125 Å². The molecule has 1 aromatic heterocycles. The van der Waals surface area contributed by atoms with Gasteiger partial charge in [0.1, 0.15) is 11.7 Å². The lowest BCUT2D eigenvalue weighted by atomic mass is 10.1. The summed E-state index contributed by atoms with van der Waals surface area (Å²) in [6, 6.07) is 16.8. The molecule has 6 N–H and O–H groups in total. The molecule has 0 aliphatic heterocycles. The SMILES string of the molecule is N=C(/C=C\C(=N)c1cccc(N)c1)N=C(N)Cc1ccc2ncccc2c1. The van der Waals surface area contributed by atoms with E-state index in [1.165, 1.54) is 12.2 Å². The number of nitrogens with two attached hydrogens (primary N) is 2. The number of nitrogens with one attached hydrogen (secondary N) is 2. The number of aromatic nitrogens is 1. The Bertz CT molecular complexity index is 1060. The summed E-state index contributed by atoms with van der Waals surface area (Å²) in [7, 11) is 0. The Balaban J connectivity index is 1.65. The van der Waals surface area contributed by atoms with Gasteiger partial charge in [-0.05, 0) is 48.0 Å². The maximum absolute atomic E-state index is 8.03. The first kappa shape index (κ1) is 18.0. The highest BCUT2D eigenvalue weighted by molar-refractivity contribution is 6.11. The Hall–Kier alpha value is -3.80. The number of hydrogen-bond acceptors (Lipinski definition) is 4. The quantitative estimate of drug-likeness (QED) is 0.318.